The number of hydrogen-bond donors (Lipinski definition) is 1. The van der Waals surface area contributed by atoms with Crippen molar-refractivity contribution < 1.29 is 0 Å². The first-order valence-electron chi connectivity index (χ1n) is 2.39. The molecule has 0 amide bonds. The van der Waals surface area contributed by atoms with Gasteiger partial charge in [-0.15, -0.1) is 11.6 Å². The van der Waals surface area contributed by atoms with Crippen LogP contribution in [0.5, 0.6) is 0 Å². The van der Waals surface area contributed by atoms with Crippen LogP contribution < -0.4 is 5.32 Å². The summed E-state index contributed by atoms with van der Waals surface area (Å²) in [7, 11) is 0. The molecule has 0 saturated heterocycles. The Bertz CT molecular complexity index is 80.1. The van der Waals surface area contributed by atoms with Gasteiger partial charge in [0.25, 0.3) is 0 Å². The van der Waals surface area contributed by atoms with Crippen molar-refractivity contribution in [1.82, 2.24) is 5.32 Å². The van der Waals surface area contributed by atoms with Gasteiger partial charge in [-0.05, 0) is 0 Å². The lowest BCUT2D eigenvalue weighted by Gasteiger charge is -1.99. The van der Waals surface area contributed by atoms with Crippen molar-refractivity contribution in [3.05, 3.63) is 12.2 Å². The third-order valence-electron chi connectivity index (χ3n) is 1.03. The molecule has 1 rings (SSSR count). The average molecular weight is 118 g/mol. The van der Waals surface area contributed by atoms with Crippen LogP contribution in [0.2, 0.25) is 0 Å². The van der Waals surface area contributed by atoms with E-state index in [1.165, 1.54) is 0 Å². The molecule has 0 aromatic carbocycles. The highest BCUT2D eigenvalue weighted by atomic mass is 35.5. The minimum absolute atomic E-state index is 0.432. The smallest absolute Gasteiger partial charge is 0.0413 e. The Morgan fingerprint density at radius 1 is 1.86 bits per heavy atom. The lowest BCUT2D eigenvalue weighted by Crippen LogP contribution is -2.22. The summed E-state index contributed by atoms with van der Waals surface area (Å²) < 4.78 is 0. The van der Waals surface area contributed by atoms with E-state index in [1.807, 2.05) is 0 Å². The molecular formula is C5H8ClN. The van der Waals surface area contributed by atoms with Crippen LogP contribution in [-0.4, -0.2) is 18.5 Å². The quantitative estimate of drug-likeness (QED) is 0.395. The second kappa shape index (κ2) is 2.34. The van der Waals surface area contributed by atoms with Gasteiger partial charge in [-0.2, -0.15) is 0 Å². The maximum atomic E-state index is 5.49. The summed E-state index contributed by atoms with van der Waals surface area (Å²) in [6.45, 7) is 0.984. The second-order valence-electron chi connectivity index (χ2n) is 1.60. The molecule has 0 unspecified atom stereocenters. The Balaban J connectivity index is 2.28. The maximum absolute atomic E-state index is 5.49. The Hall–Kier alpha value is -0.0100. The maximum Gasteiger partial charge on any atom is 0.0413 e. The molecule has 0 aromatic heterocycles. The van der Waals surface area contributed by atoms with Crippen LogP contribution in [0.3, 0.4) is 0 Å². The van der Waals surface area contributed by atoms with Crippen molar-refractivity contribution in [2.24, 2.45) is 0 Å². The number of nitrogens with one attached hydrogen (secondary N) is 1. The third kappa shape index (κ3) is 1.18. The van der Waals surface area contributed by atoms with Crippen LogP contribution in [0, 0.1) is 0 Å². The first-order valence-corrected chi connectivity index (χ1v) is 2.93. The van der Waals surface area contributed by atoms with E-state index >= 15 is 0 Å². The van der Waals surface area contributed by atoms with Gasteiger partial charge < -0.3 is 5.32 Å². The van der Waals surface area contributed by atoms with E-state index in [9.17, 15) is 0 Å². The van der Waals surface area contributed by atoms with Crippen LogP contribution in [0.15, 0.2) is 12.2 Å². The molecule has 0 saturated carbocycles. The normalized spacial score (nSPS) is 29.0. The van der Waals surface area contributed by atoms with Crippen molar-refractivity contribution in [3.8, 4) is 0 Å². The number of rotatable bonds is 1. The number of alkyl halides is 1. The number of hydrogen-bond acceptors (Lipinski definition) is 1. The summed E-state index contributed by atoms with van der Waals surface area (Å²) in [6, 6.07) is 0.432. The van der Waals surface area contributed by atoms with Crippen LogP contribution in [0.1, 0.15) is 0 Å². The summed E-state index contributed by atoms with van der Waals surface area (Å²) in [6.07, 6.45) is 4.18. The van der Waals surface area contributed by atoms with Gasteiger partial charge in [0.15, 0.2) is 0 Å². The molecule has 1 N–H and O–H groups in total. The Morgan fingerprint density at radius 2 is 2.71 bits per heavy atom. The molecule has 0 spiro atoms. The predicted molar refractivity (Wildman–Crippen MR) is 31.7 cm³/mol. The average Bonchev–Trinajstić information content (AvgIpc) is 2.14. The van der Waals surface area contributed by atoms with E-state index in [0.29, 0.717) is 11.9 Å². The molecule has 0 bridgehead atoms. The van der Waals surface area contributed by atoms with Gasteiger partial charge in [0.1, 0.15) is 0 Å². The fraction of sp³-hybridized carbons (Fsp3) is 0.600. The molecule has 1 aliphatic heterocycles. The first kappa shape index (κ1) is 5.13. The standard InChI is InChI=1S/C5H8ClN/c6-4-5-2-1-3-7-5/h1-2,5,7H,3-4H2/t5-/m0/s1. The van der Waals surface area contributed by atoms with Crippen molar-refractivity contribution >= 4 is 11.6 Å². The van der Waals surface area contributed by atoms with Crippen molar-refractivity contribution in [2.75, 3.05) is 12.4 Å². The molecule has 1 nitrogen and oxygen atoms in total. The van der Waals surface area contributed by atoms with Gasteiger partial charge in [-0.25, -0.2) is 0 Å². The van der Waals surface area contributed by atoms with Gasteiger partial charge in [0.05, 0.1) is 0 Å². The zero-order valence-electron chi connectivity index (χ0n) is 4.02. The molecule has 1 aliphatic rings. The summed E-state index contributed by atoms with van der Waals surface area (Å²) in [5.74, 6) is 0.691. The van der Waals surface area contributed by atoms with Gasteiger partial charge in [0.2, 0.25) is 0 Å². The van der Waals surface area contributed by atoms with E-state index < -0.39 is 0 Å². The Kier molecular flexibility index (Phi) is 1.71. The minimum Gasteiger partial charge on any atom is -0.306 e. The SMILES string of the molecule is ClC[C@@H]1C=CCN1. The van der Waals surface area contributed by atoms with Crippen molar-refractivity contribution in [2.45, 2.75) is 6.04 Å². The van der Waals surface area contributed by atoms with E-state index in [0.717, 1.165) is 6.54 Å². The van der Waals surface area contributed by atoms with Gasteiger partial charge in [-0.3, -0.25) is 0 Å². The predicted octanol–water partition coefficient (Wildman–Crippen LogP) is 0.753. The molecule has 2 heteroatoms. The van der Waals surface area contributed by atoms with Crippen molar-refractivity contribution in [3.63, 3.8) is 0 Å². The Labute approximate surface area is 48.4 Å². The summed E-state index contributed by atoms with van der Waals surface area (Å²) in [4.78, 5) is 0. The molecule has 0 radical (unpaired) electrons. The second-order valence-corrected chi connectivity index (χ2v) is 1.91. The van der Waals surface area contributed by atoms with E-state index in [-0.39, 0.29) is 0 Å². The highest BCUT2D eigenvalue weighted by Gasteiger charge is 2.03. The molecule has 40 valence electrons. The summed E-state index contributed by atoms with van der Waals surface area (Å²) in [5, 5.41) is 3.16. The van der Waals surface area contributed by atoms with E-state index in [2.05, 4.69) is 17.5 Å². The van der Waals surface area contributed by atoms with E-state index in [1.54, 1.807) is 0 Å². The Morgan fingerprint density at radius 3 is 3.00 bits per heavy atom. The first-order chi connectivity index (χ1) is 3.43. The monoisotopic (exact) mass is 117 g/mol. The lowest BCUT2D eigenvalue weighted by molar-refractivity contribution is 0.732. The minimum atomic E-state index is 0.432. The fourth-order valence-electron chi connectivity index (χ4n) is 0.626. The third-order valence-corrected chi connectivity index (χ3v) is 1.36. The van der Waals surface area contributed by atoms with Crippen LogP contribution in [0.25, 0.3) is 0 Å². The largest absolute Gasteiger partial charge is 0.306 e. The van der Waals surface area contributed by atoms with Crippen LogP contribution in [0.4, 0.5) is 0 Å². The van der Waals surface area contributed by atoms with Gasteiger partial charge in [0, 0.05) is 18.5 Å². The highest BCUT2D eigenvalue weighted by Crippen LogP contribution is 1.95. The topological polar surface area (TPSA) is 12.0 Å². The highest BCUT2D eigenvalue weighted by molar-refractivity contribution is 6.18. The molecule has 0 fully saturated rings. The summed E-state index contributed by atoms with van der Waals surface area (Å²) in [5.41, 5.74) is 0. The fourth-order valence-corrected chi connectivity index (χ4v) is 0.838. The van der Waals surface area contributed by atoms with Gasteiger partial charge >= 0.3 is 0 Å². The molecule has 0 aliphatic carbocycles. The zero-order valence-corrected chi connectivity index (χ0v) is 4.78. The van der Waals surface area contributed by atoms with E-state index in [4.69, 9.17) is 11.6 Å². The molecule has 0 aromatic rings. The molecule has 1 atom stereocenters. The van der Waals surface area contributed by atoms with Crippen LogP contribution in [-0.2, 0) is 0 Å². The van der Waals surface area contributed by atoms with Gasteiger partial charge in [-0.1, -0.05) is 12.2 Å². The molecule has 7 heavy (non-hydrogen) atoms. The molecular weight excluding hydrogens is 110 g/mol. The van der Waals surface area contributed by atoms with Crippen molar-refractivity contribution in [1.29, 1.82) is 0 Å². The lowest BCUT2D eigenvalue weighted by atomic mass is 10.4. The number of halogens is 1. The zero-order chi connectivity index (χ0) is 5.11. The van der Waals surface area contributed by atoms with Crippen LogP contribution >= 0.6 is 11.6 Å². The summed E-state index contributed by atoms with van der Waals surface area (Å²) >= 11 is 5.49. The molecule has 1 heterocycles.